The zero-order chi connectivity index (χ0) is 15.5. The molecule has 110 valence electrons. The maximum absolute atomic E-state index is 12.8. The van der Waals surface area contributed by atoms with Crippen LogP contribution in [0.1, 0.15) is 22.3 Å². The minimum absolute atomic E-state index is 0.187. The summed E-state index contributed by atoms with van der Waals surface area (Å²) in [6, 6.07) is 17.0. The lowest BCUT2D eigenvalue weighted by molar-refractivity contribution is 0.0765. The fraction of sp³-hybridized carbons (Fsp3) is 0.222. The van der Waals surface area contributed by atoms with Crippen LogP contribution in [-0.2, 0) is 0 Å². The molecule has 0 bridgehead atoms. The summed E-state index contributed by atoms with van der Waals surface area (Å²) < 4.78 is 0. The predicted octanol–water partition coefficient (Wildman–Crippen LogP) is 2.43. The van der Waals surface area contributed by atoms with Gasteiger partial charge in [-0.15, -0.1) is 0 Å². The third-order valence-electron chi connectivity index (χ3n) is 3.93. The Bertz CT molecular complexity index is 734. The number of aliphatic hydroxyl groups excluding tert-OH is 1. The summed E-state index contributed by atoms with van der Waals surface area (Å²) in [5, 5.41) is 19.0. The Morgan fingerprint density at radius 2 is 1.95 bits per heavy atom. The van der Waals surface area contributed by atoms with E-state index in [1.165, 1.54) is 0 Å². The minimum atomic E-state index is -0.474. The number of hydrogen-bond acceptors (Lipinski definition) is 3. The van der Waals surface area contributed by atoms with Gasteiger partial charge in [0, 0.05) is 13.1 Å². The summed E-state index contributed by atoms with van der Waals surface area (Å²) in [6.07, 6.45) is 0.111. The van der Waals surface area contributed by atoms with Crippen molar-refractivity contribution in [2.45, 2.75) is 12.5 Å². The Morgan fingerprint density at radius 3 is 2.59 bits per heavy atom. The second-order valence-electron chi connectivity index (χ2n) is 5.40. The lowest BCUT2D eigenvalue weighted by Crippen LogP contribution is -2.30. The topological polar surface area (TPSA) is 64.3 Å². The van der Waals surface area contributed by atoms with E-state index in [4.69, 9.17) is 0 Å². The molecule has 1 aliphatic heterocycles. The summed E-state index contributed by atoms with van der Waals surface area (Å²) >= 11 is 0. The third kappa shape index (κ3) is 2.59. The first-order valence-corrected chi connectivity index (χ1v) is 7.26. The van der Waals surface area contributed by atoms with Gasteiger partial charge in [0.05, 0.1) is 23.3 Å². The molecule has 0 spiro atoms. The smallest absolute Gasteiger partial charge is 0.255 e. The Labute approximate surface area is 129 Å². The van der Waals surface area contributed by atoms with Crippen LogP contribution in [0.25, 0.3) is 11.1 Å². The van der Waals surface area contributed by atoms with Gasteiger partial charge in [-0.2, -0.15) is 5.26 Å². The van der Waals surface area contributed by atoms with Gasteiger partial charge in [0.15, 0.2) is 0 Å². The molecule has 1 aliphatic rings. The van der Waals surface area contributed by atoms with Crippen molar-refractivity contribution in [3.63, 3.8) is 0 Å². The van der Waals surface area contributed by atoms with Crippen LogP contribution in [0.4, 0.5) is 0 Å². The van der Waals surface area contributed by atoms with Crippen LogP contribution in [0, 0.1) is 11.3 Å². The number of carbonyl (C=O) groups excluding carboxylic acids is 1. The number of nitriles is 1. The number of carbonyl (C=O) groups is 1. The summed E-state index contributed by atoms with van der Waals surface area (Å²) in [6.45, 7) is 0.848. The van der Waals surface area contributed by atoms with Crippen molar-refractivity contribution < 1.29 is 9.90 Å². The fourth-order valence-electron chi connectivity index (χ4n) is 2.82. The lowest BCUT2D eigenvalue weighted by Gasteiger charge is -2.19. The molecular formula is C18H16N2O2. The summed E-state index contributed by atoms with van der Waals surface area (Å²) in [4.78, 5) is 14.4. The molecule has 0 aromatic heterocycles. The molecule has 1 amide bonds. The molecule has 0 saturated carbocycles. The molecule has 1 fully saturated rings. The Hall–Kier alpha value is -2.64. The second kappa shape index (κ2) is 6.00. The molecule has 1 N–H and O–H groups in total. The van der Waals surface area contributed by atoms with Crippen LogP contribution in [0.2, 0.25) is 0 Å². The molecule has 3 rings (SSSR count). The first-order valence-electron chi connectivity index (χ1n) is 7.26. The van der Waals surface area contributed by atoms with Crippen molar-refractivity contribution >= 4 is 5.91 Å². The van der Waals surface area contributed by atoms with Crippen LogP contribution < -0.4 is 0 Å². The van der Waals surface area contributed by atoms with Gasteiger partial charge in [-0.05, 0) is 23.6 Å². The highest BCUT2D eigenvalue weighted by atomic mass is 16.3. The second-order valence-corrected chi connectivity index (χ2v) is 5.40. The highest BCUT2D eigenvalue weighted by Crippen LogP contribution is 2.28. The van der Waals surface area contributed by atoms with Gasteiger partial charge in [0.25, 0.3) is 5.91 Å². The first kappa shape index (κ1) is 14.3. The molecule has 4 nitrogen and oxygen atoms in total. The summed E-state index contributed by atoms with van der Waals surface area (Å²) in [7, 11) is 0. The van der Waals surface area contributed by atoms with Crippen LogP contribution in [0.3, 0.4) is 0 Å². The molecule has 1 heterocycles. The van der Waals surface area contributed by atoms with Gasteiger partial charge in [-0.3, -0.25) is 4.79 Å². The normalized spacial score (nSPS) is 17.3. The molecule has 2 aromatic carbocycles. The van der Waals surface area contributed by atoms with Gasteiger partial charge in [0.2, 0.25) is 0 Å². The molecular weight excluding hydrogens is 276 g/mol. The van der Waals surface area contributed by atoms with Crippen LogP contribution in [0.15, 0.2) is 48.5 Å². The number of aliphatic hydroxyl groups is 1. The van der Waals surface area contributed by atoms with E-state index in [-0.39, 0.29) is 5.91 Å². The average molecular weight is 292 g/mol. The van der Waals surface area contributed by atoms with E-state index in [9.17, 15) is 15.2 Å². The van der Waals surface area contributed by atoms with Crippen LogP contribution in [-0.4, -0.2) is 35.1 Å². The van der Waals surface area contributed by atoms with Crippen molar-refractivity contribution in [2.75, 3.05) is 13.1 Å². The highest BCUT2D eigenvalue weighted by molar-refractivity contribution is 6.03. The molecule has 22 heavy (non-hydrogen) atoms. The highest BCUT2D eigenvalue weighted by Gasteiger charge is 2.28. The Kier molecular flexibility index (Phi) is 3.90. The monoisotopic (exact) mass is 292 g/mol. The van der Waals surface area contributed by atoms with Crippen LogP contribution in [0.5, 0.6) is 0 Å². The minimum Gasteiger partial charge on any atom is -0.391 e. The van der Waals surface area contributed by atoms with E-state index in [2.05, 4.69) is 6.07 Å². The standard InChI is InChI=1S/C18H16N2O2/c19-11-14-7-4-8-16(13-5-2-1-3-6-13)17(14)18(22)20-10-9-15(21)12-20/h1-8,15,21H,9-10,12H2. The quantitative estimate of drug-likeness (QED) is 0.924. The number of likely N-dealkylation sites (tertiary alicyclic amines) is 1. The SMILES string of the molecule is N#Cc1cccc(-c2ccccc2)c1C(=O)N1CCC(O)C1. The van der Waals surface area contributed by atoms with Gasteiger partial charge < -0.3 is 10.0 Å². The van der Waals surface area contributed by atoms with E-state index in [1.807, 2.05) is 36.4 Å². The zero-order valence-corrected chi connectivity index (χ0v) is 12.1. The molecule has 0 aliphatic carbocycles. The predicted molar refractivity (Wildman–Crippen MR) is 83.1 cm³/mol. The lowest BCUT2D eigenvalue weighted by atomic mass is 9.95. The van der Waals surface area contributed by atoms with Crippen molar-refractivity contribution in [3.05, 3.63) is 59.7 Å². The molecule has 4 heteroatoms. The maximum Gasteiger partial charge on any atom is 0.255 e. The van der Waals surface area contributed by atoms with Gasteiger partial charge >= 0.3 is 0 Å². The third-order valence-corrected chi connectivity index (χ3v) is 3.93. The zero-order valence-electron chi connectivity index (χ0n) is 12.1. The molecule has 1 saturated heterocycles. The van der Waals surface area contributed by atoms with E-state index in [1.54, 1.807) is 17.0 Å². The number of benzene rings is 2. The number of rotatable bonds is 2. The Balaban J connectivity index is 2.09. The molecule has 1 atom stereocenters. The summed E-state index contributed by atoms with van der Waals surface area (Å²) in [5.74, 6) is -0.187. The molecule has 1 unspecified atom stereocenters. The van der Waals surface area contributed by atoms with Gasteiger partial charge in [-0.25, -0.2) is 0 Å². The number of amides is 1. The van der Waals surface area contributed by atoms with E-state index in [0.29, 0.717) is 30.6 Å². The van der Waals surface area contributed by atoms with Crippen molar-refractivity contribution in [1.29, 1.82) is 5.26 Å². The van der Waals surface area contributed by atoms with E-state index >= 15 is 0 Å². The molecule has 0 radical (unpaired) electrons. The van der Waals surface area contributed by atoms with Crippen molar-refractivity contribution in [2.24, 2.45) is 0 Å². The number of β-amino-alcohol motifs (C(OH)–C–C–N with tert-alkyl or cyclic N) is 1. The van der Waals surface area contributed by atoms with Crippen LogP contribution >= 0.6 is 0 Å². The van der Waals surface area contributed by atoms with Gasteiger partial charge in [0.1, 0.15) is 0 Å². The molecule has 2 aromatic rings. The number of hydrogen-bond donors (Lipinski definition) is 1. The largest absolute Gasteiger partial charge is 0.391 e. The van der Waals surface area contributed by atoms with Crippen molar-refractivity contribution in [1.82, 2.24) is 4.90 Å². The average Bonchev–Trinajstić information content (AvgIpc) is 3.00. The fourth-order valence-corrected chi connectivity index (χ4v) is 2.82. The Morgan fingerprint density at radius 1 is 1.18 bits per heavy atom. The first-order chi connectivity index (χ1) is 10.7. The van der Waals surface area contributed by atoms with Gasteiger partial charge in [-0.1, -0.05) is 42.5 Å². The van der Waals surface area contributed by atoms with Crippen molar-refractivity contribution in [3.8, 4) is 17.2 Å². The number of nitrogens with zero attached hydrogens (tertiary/aromatic N) is 2. The summed E-state index contributed by atoms with van der Waals surface area (Å²) in [5.41, 5.74) is 2.45. The van der Waals surface area contributed by atoms with E-state index < -0.39 is 6.10 Å². The van der Waals surface area contributed by atoms with E-state index in [0.717, 1.165) is 11.1 Å². The maximum atomic E-state index is 12.8.